The van der Waals surface area contributed by atoms with Gasteiger partial charge in [-0.3, -0.25) is 19.3 Å². The Hall–Kier alpha value is -5.50. The van der Waals surface area contributed by atoms with Gasteiger partial charge in [0.15, 0.2) is 8.32 Å². The van der Waals surface area contributed by atoms with Gasteiger partial charge in [0.2, 0.25) is 23.6 Å². The fourth-order valence-electron chi connectivity index (χ4n) is 7.91. The minimum absolute atomic E-state index is 0.0544. The molecule has 4 aromatic rings. The summed E-state index contributed by atoms with van der Waals surface area (Å²) in [5.74, 6) is 0.275. The number of aromatic nitrogens is 1. The highest BCUT2D eigenvalue weighted by Gasteiger charge is 2.37. The molecule has 64 heavy (non-hydrogen) atoms. The first kappa shape index (κ1) is 48.0. The van der Waals surface area contributed by atoms with Crippen molar-refractivity contribution in [1.82, 2.24) is 24.6 Å². The lowest BCUT2D eigenvalue weighted by Gasteiger charge is -2.39. The van der Waals surface area contributed by atoms with E-state index in [0.717, 1.165) is 67.3 Å². The number of hydrogen-bond donors (Lipinski definition) is 0. The second-order valence-corrected chi connectivity index (χ2v) is 23.4. The maximum absolute atomic E-state index is 14.9. The maximum Gasteiger partial charge on any atom is 0.247 e. The molecule has 2 aliphatic heterocycles. The van der Waals surface area contributed by atoms with Crippen LogP contribution in [0.3, 0.4) is 0 Å². The van der Waals surface area contributed by atoms with Crippen LogP contribution in [0.25, 0.3) is 6.08 Å². The second-order valence-electron chi connectivity index (χ2n) is 18.6. The first-order valence-corrected chi connectivity index (χ1v) is 25.6. The molecule has 12 nitrogen and oxygen atoms in total. The summed E-state index contributed by atoms with van der Waals surface area (Å²) in [5, 5.41) is 0.189. The Morgan fingerprint density at radius 1 is 0.797 bits per heavy atom. The van der Waals surface area contributed by atoms with E-state index in [1.165, 1.54) is 5.56 Å². The number of benzene rings is 3. The molecular formula is C51H69N7O5Si. The van der Waals surface area contributed by atoms with Crippen LogP contribution in [0.2, 0.25) is 18.1 Å². The van der Waals surface area contributed by atoms with Crippen LogP contribution in [-0.4, -0.2) is 136 Å². The summed E-state index contributed by atoms with van der Waals surface area (Å²) in [7, 11) is 1.89. The third-order valence-corrected chi connectivity index (χ3v) is 17.7. The zero-order valence-corrected chi connectivity index (χ0v) is 40.3. The van der Waals surface area contributed by atoms with E-state index in [9.17, 15) is 14.4 Å². The predicted octanol–water partition coefficient (Wildman–Crippen LogP) is 7.21. The van der Waals surface area contributed by atoms with Crippen LogP contribution in [0.1, 0.15) is 49.9 Å². The molecular weight excluding hydrogens is 819 g/mol. The number of nitrogens with zero attached hydrogens (tertiary/aromatic N) is 7. The minimum Gasteiger partial charge on any atom is -0.481 e. The number of carbonyl (C=O) groups excluding carboxylic acids is 3. The van der Waals surface area contributed by atoms with Crippen molar-refractivity contribution in [2.45, 2.75) is 71.4 Å². The Balaban J connectivity index is 1.15. The molecule has 3 amide bonds. The van der Waals surface area contributed by atoms with Gasteiger partial charge < -0.3 is 33.7 Å². The zero-order valence-electron chi connectivity index (χ0n) is 39.3. The fourth-order valence-corrected chi connectivity index (χ4v) is 8.94. The minimum atomic E-state index is -1.79. The molecule has 1 atom stereocenters. The zero-order chi connectivity index (χ0) is 45.9. The molecule has 0 N–H and O–H groups in total. The molecule has 13 heteroatoms. The van der Waals surface area contributed by atoms with Crippen LogP contribution in [-0.2, 0) is 38.3 Å². The SMILES string of the molecule is COc1ccc(C=CC(=O)N(Cc2ccc(N3CCN(C(C)=O)CC3)cc2)[C@@H](Cc2ccccc2)C(=O)N2CCN(Cc3ccc(N(C)CCO[Si](C)(C)C(C)(C)C)cc3)CC2)cn1. The Bertz CT molecular complexity index is 2140. The highest BCUT2D eigenvalue weighted by Crippen LogP contribution is 2.36. The van der Waals surface area contributed by atoms with E-state index in [1.54, 1.807) is 43.3 Å². The average Bonchev–Trinajstić information content (AvgIpc) is 3.30. The lowest BCUT2D eigenvalue weighted by atomic mass is 10.0. The summed E-state index contributed by atoms with van der Waals surface area (Å²) in [5.41, 5.74) is 6.12. The van der Waals surface area contributed by atoms with E-state index in [0.29, 0.717) is 45.1 Å². The molecule has 0 saturated carbocycles. The van der Waals surface area contributed by atoms with Gasteiger partial charge in [-0.1, -0.05) is 75.4 Å². The number of pyridine rings is 1. The molecule has 3 aromatic carbocycles. The number of likely N-dealkylation sites (N-methyl/N-ethyl adjacent to an activating group) is 1. The predicted molar refractivity (Wildman–Crippen MR) is 260 cm³/mol. The molecule has 6 rings (SSSR count). The molecule has 342 valence electrons. The quantitative estimate of drug-likeness (QED) is 0.0805. The molecule has 0 spiro atoms. The molecule has 2 aliphatic rings. The fraction of sp³-hybridized carbons (Fsp3) is 0.451. The Morgan fingerprint density at radius 2 is 1.44 bits per heavy atom. The van der Waals surface area contributed by atoms with E-state index < -0.39 is 14.4 Å². The number of ether oxygens (including phenoxy) is 1. The van der Waals surface area contributed by atoms with E-state index in [4.69, 9.17) is 9.16 Å². The number of carbonyl (C=O) groups is 3. The van der Waals surface area contributed by atoms with Crippen molar-refractivity contribution in [1.29, 1.82) is 0 Å². The number of piperazine rings is 2. The number of rotatable bonds is 17. The molecule has 0 bridgehead atoms. The molecule has 2 fully saturated rings. The van der Waals surface area contributed by atoms with Crippen LogP contribution in [0.5, 0.6) is 5.88 Å². The van der Waals surface area contributed by atoms with Gasteiger partial charge in [-0.25, -0.2) is 4.98 Å². The normalized spacial score (nSPS) is 15.6. The van der Waals surface area contributed by atoms with Crippen molar-refractivity contribution >= 4 is 43.5 Å². The van der Waals surface area contributed by atoms with Crippen molar-refractivity contribution in [2.24, 2.45) is 0 Å². The van der Waals surface area contributed by atoms with Gasteiger partial charge in [0.25, 0.3) is 0 Å². The summed E-state index contributed by atoms with van der Waals surface area (Å²) in [6.07, 6.45) is 5.32. The third kappa shape index (κ3) is 13.0. The van der Waals surface area contributed by atoms with Crippen molar-refractivity contribution in [2.75, 3.05) is 89.5 Å². The van der Waals surface area contributed by atoms with Crippen LogP contribution in [0.4, 0.5) is 11.4 Å². The molecule has 0 radical (unpaired) electrons. The lowest BCUT2D eigenvalue weighted by molar-refractivity contribution is -0.145. The van der Waals surface area contributed by atoms with Gasteiger partial charge in [0.05, 0.1) is 13.7 Å². The molecule has 1 aromatic heterocycles. The Labute approximate surface area is 382 Å². The van der Waals surface area contributed by atoms with Gasteiger partial charge >= 0.3 is 0 Å². The summed E-state index contributed by atoms with van der Waals surface area (Å²) in [4.78, 5) is 58.1. The monoisotopic (exact) mass is 888 g/mol. The van der Waals surface area contributed by atoms with Gasteiger partial charge in [0.1, 0.15) is 6.04 Å². The topological polar surface area (TPSA) is 102 Å². The van der Waals surface area contributed by atoms with Gasteiger partial charge in [-0.2, -0.15) is 0 Å². The molecule has 0 aliphatic carbocycles. The van der Waals surface area contributed by atoms with Crippen LogP contribution in [0, 0.1) is 0 Å². The van der Waals surface area contributed by atoms with E-state index in [2.05, 4.69) is 97.0 Å². The van der Waals surface area contributed by atoms with Crippen molar-refractivity contribution in [3.05, 3.63) is 126 Å². The van der Waals surface area contributed by atoms with E-state index in [1.807, 2.05) is 58.3 Å². The highest BCUT2D eigenvalue weighted by molar-refractivity contribution is 6.74. The second kappa shape index (κ2) is 21.9. The number of amides is 3. The molecule has 3 heterocycles. The van der Waals surface area contributed by atoms with Crippen LogP contribution >= 0.6 is 0 Å². The lowest BCUT2D eigenvalue weighted by Crippen LogP contribution is -2.56. The highest BCUT2D eigenvalue weighted by atomic mass is 28.4. The standard InChI is InChI=1S/C51H69N7O5Si/c1-40(59)55-30-32-56(33-31-55)46-22-16-44(17-23-46)39-58(49(60)25-19-42-18-24-48(62-6)52-37-42)47(36-41-12-10-9-11-13-41)50(61)57-28-26-54(27-29-57)38-43-14-20-45(21-15-43)53(5)34-35-63-64(7,8)51(2,3)4/h9-25,37,47H,26-36,38-39H2,1-8H3/t47-/m0/s1. The molecule has 0 unspecified atom stereocenters. The van der Waals surface area contributed by atoms with E-state index >= 15 is 0 Å². The summed E-state index contributed by atoms with van der Waals surface area (Å²) in [6.45, 7) is 21.1. The van der Waals surface area contributed by atoms with Gasteiger partial charge in [-0.05, 0) is 76.8 Å². The van der Waals surface area contributed by atoms with Gasteiger partial charge in [-0.15, -0.1) is 0 Å². The average molecular weight is 888 g/mol. The summed E-state index contributed by atoms with van der Waals surface area (Å²) >= 11 is 0. The Kier molecular flexibility index (Phi) is 16.4. The maximum atomic E-state index is 14.9. The smallest absolute Gasteiger partial charge is 0.247 e. The number of anilines is 2. The Morgan fingerprint density at radius 3 is 2.03 bits per heavy atom. The number of hydrogen-bond acceptors (Lipinski definition) is 9. The van der Waals surface area contributed by atoms with Crippen molar-refractivity contribution in [3.63, 3.8) is 0 Å². The van der Waals surface area contributed by atoms with Crippen molar-refractivity contribution < 1.29 is 23.5 Å². The van der Waals surface area contributed by atoms with Crippen LogP contribution in [0.15, 0.2) is 103 Å². The third-order valence-electron chi connectivity index (χ3n) is 13.1. The molecule has 2 saturated heterocycles. The summed E-state index contributed by atoms with van der Waals surface area (Å²) < 4.78 is 11.6. The first-order chi connectivity index (χ1) is 30.6. The number of methoxy groups -OCH3 is 1. The van der Waals surface area contributed by atoms with Crippen LogP contribution < -0.4 is 14.5 Å². The van der Waals surface area contributed by atoms with Gasteiger partial charge in [0, 0.05) is 122 Å². The van der Waals surface area contributed by atoms with Crippen molar-refractivity contribution in [3.8, 4) is 5.88 Å². The first-order valence-electron chi connectivity index (χ1n) is 22.7. The largest absolute Gasteiger partial charge is 0.481 e. The van der Waals surface area contributed by atoms with E-state index in [-0.39, 0.29) is 29.3 Å². The summed E-state index contributed by atoms with van der Waals surface area (Å²) in [6, 6.07) is 29.8.